The largest absolute Gasteiger partial charge is 0.496 e. The van der Waals surface area contributed by atoms with Gasteiger partial charge in [0.25, 0.3) is 0 Å². The number of urea groups is 1. The number of amides is 2. The van der Waals surface area contributed by atoms with Crippen LogP contribution in [0.5, 0.6) is 5.75 Å². The van der Waals surface area contributed by atoms with Gasteiger partial charge in [0.2, 0.25) is 5.95 Å². The predicted molar refractivity (Wildman–Crippen MR) is 131 cm³/mol. The van der Waals surface area contributed by atoms with Crippen LogP contribution >= 0.6 is 27.5 Å². The molecule has 0 aliphatic rings. The number of methoxy groups -OCH3 is 1. The zero-order chi connectivity index (χ0) is 23.1. The molecule has 0 saturated carbocycles. The highest BCUT2D eigenvalue weighted by Gasteiger charge is 2.18. The van der Waals surface area contributed by atoms with Crippen molar-refractivity contribution >= 4 is 39.5 Å². The summed E-state index contributed by atoms with van der Waals surface area (Å²) in [7, 11) is 1.58. The zero-order valence-corrected chi connectivity index (χ0v) is 20.3. The van der Waals surface area contributed by atoms with Crippen molar-refractivity contribution in [2.75, 3.05) is 19.4 Å². The zero-order valence-electron chi connectivity index (χ0n) is 17.9. The molecule has 2 amide bonds. The van der Waals surface area contributed by atoms with Crippen molar-refractivity contribution in [1.82, 2.24) is 20.6 Å². The quantitative estimate of drug-likeness (QED) is 0.399. The lowest BCUT2D eigenvalue weighted by Crippen LogP contribution is -2.36. The molecule has 1 aromatic heterocycles. The topological polar surface area (TPSA) is 102 Å². The number of hydrogen-bond donors (Lipinski definition) is 3. The van der Waals surface area contributed by atoms with Gasteiger partial charge in [-0.2, -0.15) is 0 Å². The molecule has 2 aromatic carbocycles. The molecule has 3 aromatic rings. The first-order chi connectivity index (χ1) is 15.4. The van der Waals surface area contributed by atoms with Gasteiger partial charge >= 0.3 is 6.03 Å². The van der Waals surface area contributed by atoms with Gasteiger partial charge in [-0.25, -0.2) is 14.8 Å². The average Bonchev–Trinajstić information content (AvgIpc) is 2.78. The lowest BCUT2D eigenvalue weighted by molar-refractivity contribution is 0.240. The van der Waals surface area contributed by atoms with Crippen LogP contribution in [0, 0.1) is 0 Å². The number of carbonyl (C=O) groups excluding carboxylic acids is 1. The lowest BCUT2D eigenvalue weighted by Gasteiger charge is -2.16. The fourth-order valence-electron chi connectivity index (χ4n) is 3.35. The number of ether oxygens (including phenoxy) is 1. The Morgan fingerprint density at radius 2 is 1.94 bits per heavy atom. The molecule has 0 atom stereocenters. The molecule has 4 N–H and O–H groups in total. The van der Waals surface area contributed by atoms with Gasteiger partial charge in [-0.05, 0) is 46.5 Å². The molecule has 0 fully saturated rings. The van der Waals surface area contributed by atoms with Crippen LogP contribution in [0.4, 0.5) is 10.7 Å². The number of aromatic nitrogens is 2. The van der Waals surface area contributed by atoms with E-state index in [1.807, 2.05) is 37.3 Å². The fourth-order valence-corrected chi connectivity index (χ4v) is 4.24. The van der Waals surface area contributed by atoms with E-state index in [9.17, 15) is 4.79 Å². The van der Waals surface area contributed by atoms with Gasteiger partial charge in [-0.15, -0.1) is 0 Å². The van der Waals surface area contributed by atoms with Crippen molar-refractivity contribution in [1.29, 1.82) is 0 Å². The summed E-state index contributed by atoms with van der Waals surface area (Å²) < 4.78 is 6.14. The van der Waals surface area contributed by atoms with Crippen molar-refractivity contribution in [3.8, 4) is 17.0 Å². The Morgan fingerprint density at radius 1 is 1.19 bits per heavy atom. The summed E-state index contributed by atoms with van der Waals surface area (Å²) in [4.78, 5) is 21.1. The highest BCUT2D eigenvalue weighted by atomic mass is 79.9. The monoisotopic (exact) mass is 517 g/mol. The molecular weight excluding hydrogens is 494 g/mol. The van der Waals surface area contributed by atoms with Gasteiger partial charge in [-0.3, -0.25) is 0 Å². The maximum Gasteiger partial charge on any atom is 0.315 e. The molecule has 0 unspecified atom stereocenters. The first kappa shape index (κ1) is 23.8. The van der Waals surface area contributed by atoms with Gasteiger partial charge < -0.3 is 21.1 Å². The lowest BCUT2D eigenvalue weighted by atomic mass is 10.0. The molecule has 1 heterocycles. The van der Waals surface area contributed by atoms with Crippen LogP contribution in [0.15, 0.2) is 46.9 Å². The molecular formula is C23H25BrClN5O2. The molecule has 0 saturated heterocycles. The van der Waals surface area contributed by atoms with Crippen LogP contribution in [-0.4, -0.2) is 29.7 Å². The SMILES string of the molecule is CCc1c(CNC(=O)NCCc2ccccc2)nc(N)nc1-c1cc(OC)c(Br)cc1Cl. The van der Waals surface area contributed by atoms with Crippen LogP contribution in [0.2, 0.25) is 5.02 Å². The molecule has 9 heteroatoms. The van der Waals surface area contributed by atoms with Gasteiger partial charge in [0.1, 0.15) is 5.75 Å². The van der Waals surface area contributed by atoms with E-state index >= 15 is 0 Å². The van der Waals surface area contributed by atoms with E-state index in [1.165, 1.54) is 0 Å². The molecule has 168 valence electrons. The van der Waals surface area contributed by atoms with Gasteiger partial charge in [-0.1, -0.05) is 48.9 Å². The summed E-state index contributed by atoms with van der Waals surface area (Å²) in [5.41, 5.74) is 9.96. The minimum atomic E-state index is -0.273. The molecule has 32 heavy (non-hydrogen) atoms. The van der Waals surface area contributed by atoms with Crippen molar-refractivity contribution in [3.63, 3.8) is 0 Å². The maximum absolute atomic E-state index is 12.3. The Kier molecular flexibility index (Phi) is 8.30. The van der Waals surface area contributed by atoms with Crippen molar-refractivity contribution in [3.05, 3.63) is 68.8 Å². The summed E-state index contributed by atoms with van der Waals surface area (Å²) in [6, 6.07) is 13.3. The summed E-state index contributed by atoms with van der Waals surface area (Å²) in [6.45, 7) is 2.74. The summed E-state index contributed by atoms with van der Waals surface area (Å²) in [6.07, 6.45) is 1.39. The first-order valence-corrected chi connectivity index (χ1v) is 11.3. The second-order valence-corrected chi connectivity index (χ2v) is 8.28. The van der Waals surface area contributed by atoms with Crippen molar-refractivity contribution < 1.29 is 9.53 Å². The van der Waals surface area contributed by atoms with Crippen LogP contribution < -0.4 is 21.1 Å². The van der Waals surface area contributed by atoms with Gasteiger partial charge in [0, 0.05) is 17.7 Å². The Bertz CT molecular complexity index is 1100. The molecule has 3 rings (SSSR count). The Labute approximate surface area is 200 Å². The smallest absolute Gasteiger partial charge is 0.315 e. The highest BCUT2D eigenvalue weighted by Crippen LogP contribution is 2.38. The Hall–Kier alpha value is -2.84. The summed E-state index contributed by atoms with van der Waals surface area (Å²) >= 11 is 9.93. The summed E-state index contributed by atoms with van der Waals surface area (Å²) in [5.74, 6) is 0.734. The van der Waals surface area contributed by atoms with E-state index in [0.29, 0.717) is 40.7 Å². The van der Waals surface area contributed by atoms with Crippen molar-refractivity contribution in [2.24, 2.45) is 0 Å². The third-order valence-corrected chi connectivity index (χ3v) is 5.85. The number of nitrogens with zero attached hydrogens (tertiary/aromatic N) is 2. The minimum Gasteiger partial charge on any atom is -0.496 e. The second kappa shape index (κ2) is 11.2. The molecule has 0 aliphatic carbocycles. The molecule has 0 spiro atoms. The van der Waals surface area contributed by atoms with E-state index < -0.39 is 0 Å². The Morgan fingerprint density at radius 3 is 2.62 bits per heavy atom. The minimum absolute atomic E-state index is 0.108. The second-order valence-electron chi connectivity index (χ2n) is 7.02. The molecule has 0 radical (unpaired) electrons. The van der Waals surface area contributed by atoms with Crippen LogP contribution in [0.25, 0.3) is 11.3 Å². The number of nitrogens with one attached hydrogen (secondary N) is 2. The van der Waals surface area contributed by atoms with E-state index in [4.69, 9.17) is 22.1 Å². The first-order valence-electron chi connectivity index (χ1n) is 10.2. The van der Waals surface area contributed by atoms with Gasteiger partial charge in [0.05, 0.1) is 34.5 Å². The average molecular weight is 519 g/mol. The number of halogens is 2. The Balaban J connectivity index is 1.75. The molecule has 0 aliphatic heterocycles. The van der Waals surface area contributed by atoms with E-state index in [1.54, 1.807) is 19.2 Å². The van der Waals surface area contributed by atoms with Crippen LogP contribution in [0.3, 0.4) is 0 Å². The molecule has 7 nitrogen and oxygen atoms in total. The maximum atomic E-state index is 12.3. The third-order valence-electron chi connectivity index (χ3n) is 4.92. The van der Waals surface area contributed by atoms with Crippen molar-refractivity contribution in [2.45, 2.75) is 26.3 Å². The number of hydrogen-bond acceptors (Lipinski definition) is 5. The van der Waals surface area contributed by atoms with E-state index in [-0.39, 0.29) is 18.5 Å². The highest BCUT2D eigenvalue weighted by molar-refractivity contribution is 9.10. The molecule has 0 bridgehead atoms. The van der Waals surface area contributed by atoms with E-state index in [2.05, 4.69) is 36.5 Å². The number of anilines is 1. The normalized spacial score (nSPS) is 10.6. The standard InChI is InChI=1S/C23H25BrClN5O2/c1-3-15-19(13-28-23(31)27-10-9-14-7-5-4-6-8-14)29-22(26)30-21(15)16-11-20(32-2)17(24)12-18(16)25/h4-8,11-12H,3,9-10,13H2,1-2H3,(H2,26,29,30)(H2,27,28,31). The number of benzene rings is 2. The van der Waals surface area contributed by atoms with Crippen LogP contribution in [-0.2, 0) is 19.4 Å². The number of nitrogen functional groups attached to an aromatic ring is 1. The van der Waals surface area contributed by atoms with Gasteiger partial charge in [0.15, 0.2) is 0 Å². The number of nitrogens with two attached hydrogens (primary N) is 1. The number of rotatable bonds is 8. The third kappa shape index (κ3) is 5.89. The predicted octanol–water partition coefficient (Wildman–Crippen LogP) is 4.75. The van der Waals surface area contributed by atoms with Crippen LogP contribution in [0.1, 0.15) is 23.7 Å². The summed E-state index contributed by atoms with van der Waals surface area (Å²) in [5, 5.41) is 6.22. The van der Waals surface area contributed by atoms with E-state index in [0.717, 1.165) is 22.0 Å². The fraction of sp³-hybridized carbons (Fsp3) is 0.261. The number of carbonyl (C=O) groups is 1.